The van der Waals surface area contributed by atoms with Crippen LogP contribution in [0, 0.1) is 5.82 Å². The monoisotopic (exact) mass is 232 g/mol. The Morgan fingerprint density at radius 3 is 2.40 bits per heavy atom. The number of ether oxygens (including phenoxy) is 1. The number of methoxy groups -OCH3 is 1. The van der Waals surface area contributed by atoms with E-state index in [1.54, 1.807) is 0 Å². The summed E-state index contributed by atoms with van der Waals surface area (Å²) >= 11 is 0. The fourth-order valence-corrected chi connectivity index (χ4v) is 1.77. The van der Waals surface area contributed by atoms with E-state index in [9.17, 15) is 17.6 Å². The van der Waals surface area contributed by atoms with Crippen molar-refractivity contribution in [3.63, 3.8) is 0 Å². The van der Waals surface area contributed by atoms with Gasteiger partial charge in [0.05, 0.1) is 12.7 Å². The minimum atomic E-state index is -3.61. The molecule has 1 rings (SSSR count). The van der Waals surface area contributed by atoms with E-state index in [0.717, 1.165) is 25.5 Å². The number of benzene rings is 1. The molecule has 0 amide bonds. The Bertz CT molecular complexity index is 493. The zero-order chi connectivity index (χ0) is 11.6. The molecule has 0 aliphatic carbocycles. The first-order valence-electron chi connectivity index (χ1n) is 3.94. The van der Waals surface area contributed by atoms with Crippen molar-refractivity contribution in [2.45, 2.75) is 4.90 Å². The smallest absolute Gasteiger partial charge is 0.337 e. The molecule has 0 fully saturated rings. The van der Waals surface area contributed by atoms with Gasteiger partial charge in [0.1, 0.15) is 10.7 Å². The van der Waals surface area contributed by atoms with Crippen LogP contribution < -0.4 is 0 Å². The molecule has 0 bridgehead atoms. The molecule has 0 saturated heterocycles. The Morgan fingerprint density at radius 2 is 2.00 bits per heavy atom. The molecule has 0 heterocycles. The molecule has 0 N–H and O–H groups in total. The molecule has 0 aliphatic rings. The lowest BCUT2D eigenvalue weighted by atomic mass is 10.2. The summed E-state index contributed by atoms with van der Waals surface area (Å²) in [5, 5.41) is 0. The second kappa shape index (κ2) is 3.98. The van der Waals surface area contributed by atoms with Crippen molar-refractivity contribution in [1.29, 1.82) is 0 Å². The average Bonchev–Trinajstić information content (AvgIpc) is 2.14. The third-order valence-corrected chi connectivity index (χ3v) is 2.88. The minimum Gasteiger partial charge on any atom is -0.465 e. The molecule has 82 valence electrons. The van der Waals surface area contributed by atoms with E-state index in [-0.39, 0.29) is 5.56 Å². The predicted molar refractivity (Wildman–Crippen MR) is 50.8 cm³/mol. The summed E-state index contributed by atoms with van der Waals surface area (Å²) in [5.41, 5.74) is -0.0256. The molecule has 0 spiro atoms. The topological polar surface area (TPSA) is 60.4 Å². The van der Waals surface area contributed by atoms with Crippen LogP contribution in [0.1, 0.15) is 10.4 Å². The van der Waals surface area contributed by atoms with Crippen LogP contribution >= 0.6 is 0 Å². The summed E-state index contributed by atoms with van der Waals surface area (Å²) in [6.45, 7) is 0. The molecule has 4 nitrogen and oxygen atoms in total. The summed E-state index contributed by atoms with van der Waals surface area (Å²) in [6, 6.07) is 3.07. The van der Waals surface area contributed by atoms with Gasteiger partial charge in [0.15, 0.2) is 9.84 Å². The predicted octanol–water partition coefficient (Wildman–Crippen LogP) is 1.02. The number of halogens is 1. The maximum Gasteiger partial charge on any atom is 0.337 e. The Labute approximate surface area is 86.6 Å². The molecular formula is C9H9FO4S. The quantitative estimate of drug-likeness (QED) is 0.714. The van der Waals surface area contributed by atoms with Gasteiger partial charge >= 0.3 is 5.97 Å². The standard InChI is InChI=1S/C9H9FO4S/c1-14-9(11)6-3-4-8(7(10)5-6)15(2,12)13/h3-5H,1-2H3. The van der Waals surface area contributed by atoms with Crippen molar-refractivity contribution >= 4 is 15.8 Å². The van der Waals surface area contributed by atoms with Crippen LogP contribution in [-0.2, 0) is 14.6 Å². The van der Waals surface area contributed by atoms with Crippen molar-refractivity contribution in [2.75, 3.05) is 13.4 Å². The fourth-order valence-electron chi connectivity index (χ4n) is 1.05. The Kier molecular flexibility index (Phi) is 3.09. The molecule has 1 aromatic rings. The largest absolute Gasteiger partial charge is 0.465 e. The van der Waals surface area contributed by atoms with E-state index < -0.39 is 26.5 Å². The Balaban J connectivity index is 3.27. The molecule has 0 aromatic heterocycles. The van der Waals surface area contributed by atoms with Gasteiger partial charge in [-0.1, -0.05) is 0 Å². The highest BCUT2D eigenvalue weighted by molar-refractivity contribution is 7.90. The second-order valence-corrected chi connectivity index (χ2v) is 4.89. The summed E-state index contributed by atoms with van der Waals surface area (Å²) in [7, 11) is -2.45. The number of esters is 1. The third kappa shape index (κ3) is 2.53. The van der Waals surface area contributed by atoms with Crippen molar-refractivity contribution < 1.29 is 22.3 Å². The van der Waals surface area contributed by atoms with E-state index in [1.807, 2.05) is 0 Å². The summed E-state index contributed by atoms with van der Waals surface area (Å²) in [4.78, 5) is 10.6. The SMILES string of the molecule is COC(=O)c1ccc(S(C)(=O)=O)c(F)c1. The lowest BCUT2D eigenvalue weighted by molar-refractivity contribution is 0.0600. The van der Waals surface area contributed by atoms with E-state index in [4.69, 9.17) is 0 Å². The van der Waals surface area contributed by atoms with Gasteiger partial charge in [0.25, 0.3) is 0 Å². The van der Waals surface area contributed by atoms with E-state index >= 15 is 0 Å². The first-order chi connectivity index (χ1) is 6.86. The summed E-state index contributed by atoms with van der Waals surface area (Å²) in [6.07, 6.45) is 0.892. The molecule has 6 heteroatoms. The molecule has 0 radical (unpaired) electrons. The first kappa shape index (κ1) is 11.6. The van der Waals surface area contributed by atoms with Gasteiger partial charge < -0.3 is 4.74 Å². The van der Waals surface area contributed by atoms with Gasteiger partial charge in [0, 0.05) is 6.26 Å². The molecule has 0 aliphatic heterocycles. The highest BCUT2D eigenvalue weighted by atomic mass is 32.2. The second-order valence-electron chi connectivity index (χ2n) is 2.91. The number of rotatable bonds is 2. The maximum absolute atomic E-state index is 13.3. The number of hydrogen-bond acceptors (Lipinski definition) is 4. The van der Waals surface area contributed by atoms with Gasteiger partial charge in [-0.15, -0.1) is 0 Å². The number of sulfone groups is 1. The molecule has 0 atom stereocenters. The first-order valence-corrected chi connectivity index (χ1v) is 5.83. The van der Waals surface area contributed by atoms with Crippen LogP contribution in [-0.4, -0.2) is 27.8 Å². The van der Waals surface area contributed by atoms with Gasteiger partial charge in [0.2, 0.25) is 0 Å². The zero-order valence-electron chi connectivity index (χ0n) is 8.15. The van der Waals surface area contributed by atoms with Crippen LogP contribution in [0.5, 0.6) is 0 Å². The van der Waals surface area contributed by atoms with E-state index in [2.05, 4.69) is 4.74 Å². The van der Waals surface area contributed by atoms with Crippen molar-refractivity contribution in [3.05, 3.63) is 29.6 Å². The molecule has 1 aromatic carbocycles. The van der Waals surface area contributed by atoms with Gasteiger partial charge in [-0.2, -0.15) is 0 Å². The highest BCUT2D eigenvalue weighted by Crippen LogP contribution is 2.16. The highest BCUT2D eigenvalue weighted by Gasteiger charge is 2.16. The Morgan fingerprint density at radius 1 is 1.40 bits per heavy atom. The fraction of sp³-hybridized carbons (Fsp3) is 0.222. The summed E-state index contributed by atoms with van der Waals surface area (Å²) in [5.74, 6) is -1.67. The van der Waals surface area contributed by atoms with Crippen LogP contribution in [0.2, 0.25) is 0 Å². The average molecular weight is 232 g/mol. The minimum absolute atomic E-state index is 0.0256. The zero-order valence-corrected chi connectivity index (χ0v) is 8.97. The van der Waals surface area contributed by atoms with Gasteiger partial charge in [-0.3, -0.25) is 0 Å². The maximum atomic E-state index is 13.3. The van der Waals surface area contributed by atoms with Crippen molar-refractivity contribution in [2.24, 2.45) is 0 Å². The van der Waals surface area contributed by atoms with Crippen LogP contribution in [0.25, 0.3) is 0 Å². The van der Waals surface area contributed by atoms with Crippen LogP contribution in [0.4, 0.5) is 4.39 Å². The van der Waals surface area contributed by atoms with E-state index in [1.165, 1.54) is 6.07 Å². The molecule has 0 saturated carbocycles. The normalized spacial score (nSPS) is 11.1. The molecule has 15 heavy (non-hydrogen) atoms. The van der Waals surface area contributed by atoms with Crippen molar-refractivity contribution in [1.82, 2.24) is 0 Å². The molecular weight excluding hydrogens is 223 g/mol. The van der Waals surface area contributed by atoms with Crippen molar-refractivity contribution in [3.8, 4) is 0 Å². The number of carbonyl (C=O) groups is 1. The van der Waals surface area contributed by atoms with Gasteiger partial charge in [-0.05, 0) is 18.2 Å². The van der Waals surface area contributed by atoms with E-state index in [0.29, 0.717) is 0 Å². The number of hydrogen-bond donors (Lipinski definition) is 0. The number of carbonyl (C=O) groups excluding carboxylic acids is 1. The van der Waals surface area contributed by atoms with Crippen LogP contribution in [0.3, 0.4) is 0 Å². The van der Waals surface area contributed by atoms with Gasteiger partial charge in [-0.25, -0.2) is 17.6 Å². The lowest BCUT2D eigenvalue weighted by Crippen LogP contribution is -2.05. The lowest BCUT2D eigenvalue weighted by Gasteiger charge is -2.02. The van der Waals surface area contributed by atoms with Crippen LogP contribution in [0.15, 0.2) is 23.1 Å². The summed E-state index contributed by atoms with van der Waals surface area (Å²) < 4.78 is 39.7. The third-order valence-electron chi connectivity index (χ3n) is 1.75. The molecule has 0 unspecified atom stereocenters. The Hall–Kier alpha value is -1.43.